The van der Waals surface area contributed by atoms with Crippen molar-refractivity contribution in [3.05, 3.63) is 85.3 Å². The maximum Gasteiger partial charge on any atom is 0.256 e. The molecular weight excluding hydrogens is 561 g/mol. The Morgan fingerprint density at radius 3 is 1.91 bits per heavy atom. The fourth-order valence-electron chi connectivity index (χ4n) is 3.16. The van der Waals surface area contributed by atoms with Crippen LogP contribution in [0.25, 0.3) is 0 Å². The van der Waals surface area contributed by atoms with Gasteiger partial charge in [-0.05, 0) is 34.1 Å². The first kappa shape index (κ1) is 24.8. The van der Waals surface area contributed by atoms with Crippen molar-refractivity contribution in [1.29, 1.82) is 0 Å². The van der Waals surface area contributed by atoms with E-state index in [9.17, 15) is 14.2 Å². The van der Waals surface area contributed by atoms with Crippen LogP contribution in [0.1, 0.15) is 20.7 Å². The number of halogens is 4. The van der Waals surface area contributed by atoms with Gasteiger partial charge in [0, 0.05) is 5.56 Å². The Morgan fingerprint density at radius 1 is 0.812 bits per heavy atom. The molecule has 32 heavy (non-hydrogen) atoms. The van der Waals surface area contributed by atoms with Gasteiger partial charge in [0.25, 0.3) is 7.14 Å². The van der Waals surface area contributed by atoms with Gasteiger partial charge in [-0.1, -0.05) is 71.2 Å². The van der Waals surface area contributed by atoms with Crippen molar-refractivity contribution >= 4 is 74.2 Å². The lowest BCUT2D eigenvalue weighted by Crippen LogP contribution is -2.24. The van der Waals surface area contributed by atoms with Crippen LogP contribution in [0.5, 0.6) is 11.5 Å². The highest BCUT2D eigenvalue weighted by molar-refractivity contribution is 9.10. The second-order valence-electron chi connectivity index (χ2n) is 6.44. The van der Waals surface area contributed by atoms with Gasteiger partial charge in [-0.2, -0.15) is 0 Å². The molecule has 0 aromatic heterocycles. The van der Waals surface area contributed by atoms with Crippen LogP contribution in [0.3, 0.4) is 0 Å². The van der Waals surface area contributed by atoms with Crippen LogP contribution < -0.4 is 14.8 Å². The average molecular weight is 577 g/mol. The van der Waals surface area contributed by atoms with Gasteiger partial charge >= 0.3 is 0 Å². The number of rotatable bonds is 7. The highest BCUT2D eigenvalue weighted by atomic mass is 79.9. The molecule has 0 spiro atoms. The summed E-state index contributed by atoms with van der Waals surface area (Å²) in [6.45, 7) is 0. The number of methoxy groups -OCH3 is 2. The van der Waals surface area contributed by atoms with Gasteiger partial charge in [0.15, 0.2) is 5.75 Å². The number of benzene rings is 3. The smallest absolute Gasteiger partial charge is 0.256 e. The number of carbonyl (C=O) groups excluding carboxylic acids is 2. The molecule has 1 unspecified atom stereocenters. The maximum atomic E-state index is 14.7. The number of ether oxygens (including phenoxy) is 2. The van der Waals surface area contributed by atoms with Crippen molar-refractivity contribution in [3.63, 3.8) is 0 Å². The average Bonchev–Trinajstić information content (AvgIpc) is 2.78. The maximum absolute atomic E-state index is 14.7. The van der Waals surface area contributed by atoms with E-state index in [1.807, 2.05) is 0 Å². The van der Waals surface area contributed by atoms with Crippen LogP contribution in [0, 0.1) is 0 Å². The molecular formula is C22H15BrCl3O5P. The molecule has 0 bridgehead atoms. The standard InChI is InChI=1S/C22H15BrCl3O5P/c1-30-18-13(23)11-16(26)19(31-2)20(18)32(29,21(27)12-7-4-3-5-8-12)22(28)17-14(24)9-6-10-15(17)25/h3-11H,1-2H3. The molecule has 0 saturated heterocycles. The molecule has 0 aliphatic carbocycles. The van der Waals surface area contributed by atoms with Crippen LogP contribution in [0.2, 0.25) is 15.1 Å². The van der Waals surface area contributed by atoms with Gasteiger partial charge in [-0.3, -0.25) is 9.59 Å². The lowest BCUT2D eigenvalue weighted by molar-refractivity contribution is 0.104. The van der Waals surface area contributed by atoms with Gasteiger partial charge in [0.05, 0.1) is 39.3 Å². The molecule has 1 atom stereocenters. The number of hydrogen-bond donors (Lipinski definition) is 0. The van der Waals surface area contributed by atoms with Crippen molar-refractivity contribution in [2.75, 3.05) is 14.2 Å². The summed E-state index contributed by atoms with van der Waals surface area (Å²) in [6, 6.07) is 13.6. The largest absolute Gasteiger partial charge is 0.495 e. The summed E-state index contributed by atoms with van der Waals surface area (Å²) in [7, 11) is -2.14. The molecule has 5 nitrogen and oxygen atoms in total. The highest BCUT2D eigenvalue weighted by Gasteiger charge is 2.49. The molecule has 166 valence electrons. The predicted molar refractivity (Wildman–Crippen MR) is 131 cm³/mol. The Morgan fingerprint density at radius 2 is 1.38 bits per heavy atom. The fraction of sp³-hybridized carbons (Fsp3) is 0.0909. The van der Waals surface area contributed by atoms with E-state index >= 15 is 0 Å². The Bertz CT molecular complexity index is 1220. The minimum absolute atomic E-state index is 0.0225. The third-order valence-corrected chi connectivity index (χ3v) is 8.77. The highest BCUT2D eigenvalue weighted by Crippen LogP contribution is 2.58. The molecule has 0 amide bonds. The van der Waals surface area contributed by atoms with Crippen molar-refractivity contribution < 1.29 is 23.6 Å². The first-order valence-electron chi connectivity index (χ1n) is 8.97. The molecule has 0 radical (unpaired) electrons. The third-order valence-electron chi connectivity index (χ3n) is 4.61. The zero-order chi connectivity index (χ0) is 23.6. The summed E-state index contributed by atoms with van der Waals surface area (Å²) < 4.78 is 25.8. The van der Waals surface area contributed by atoms with Crippen molar-refractivity contribution in [2.24, 2.45) is 0 Å². The zero-order valence-corrected chi connectivity index (χ0v) is 21.4. The first-order chi connectivity index (χ1) is 15.2. The lowest BCUT2D eigenvalue weighted by Gasteiger charge is -2.23. The normalized spacial score (nSPS) is 12.7. The summed E-state index contributed by atoms with van der Waals surface area (Å²) in [5.74, 6) is -0.161. The SMILES string of the molecule is COc1c(Cl)cc(Br)c(OC)c1P(=O)(C(=O)c1ccccc1)C(=O)c1c(Cl)cccc1Cl. The van der Waals surface area contributed by atoms with Crippen LogP contribution >= 0.6 is 57.9 Å². The molecule has 10 heteroatoms. The fourth-order valence-corrected chi connectivity index (χ4v) is 7.74. The molecule has 3 aromatic carbocycles. The number of carbonyl (C=O) groups is 2. The second kappa shape index (κ2) is 9.98. The van der Waals surface area contributed by atoms with Crippen molar-refractivity contribution in [1.82, 2.24) is 0 Å². The predicted octanol–water partition coefficient (Wildman–Crippen LogP) is 7.10. The van der Waals surface area contributed by atoms with Crippen molar-refractivity contribution in [3.8, 4) is 11.5 Å². The van der Waals surface area contributed by atoms with Gasteiger partial charge in [-0.25, -0.2) is 0 Å². The number of hydrogen-bond acceptors (Lipinski definition) is 5. The molecule has 3 rings (SSSR count). The van der Waals surface area contributed by atoms with Gasteiger partial charge in [-0.15, -0.1) is 0 Å². The monoisotopic (exact) mass is 574 g/mol. The zero-order valence-electron chi connectivity index (χ0n) is 16.7. The minimum Gasteiger partial charge on any atom is -0.495 e. The van der Waals surface area contributed by atoms with Crippen LogP contribution in [-0.4, -0.2) is 25.3 Å². The van der Waals surface area contributed by atoms with E-state index in [0.29, 0.717) is 0 Å². The summed E-state index contributed by atoms with van der Waals surface area (Å²) in [5, 5.41) is -0.365. The van der Waals surface area contributed by atoms with Crippen LogP contribution in [0.4, 0.5) is 0 Å². The first-order valence-corrected chi connectivity index (χ1v) is 12.6. The minimum atomic E-state index is -4.72. The Kier molecular flexibility index (Phi) is 7.74. The quantitative estimate of drug-likeness (QED) is 0.281. The summed E-state index contributed by atoms with van der Waals surface area (Å²) in [5.41, 5.74) is -2.20. The Hall–Kier alpha value is -1.82. The van der Waals surface area contributed by atoms with E-state index < -0.39 is 18.2 Å². The molecule has 0 heterocycles. The van der Waals surface area contributed by atoms with Crippen LogP contribution in [0.15, 0.2) is 59.1 Å². The lowest BCUT2D eigenvalue weighted by atomic mass is 10.2. The van der Waals surface area contributed by atoms with E-state index in [0.717, 1.165) is 0 Å². The van der Waals surface area contributed by atoms with E-state index in [1.165, 1.54) is 50.6 Å². The Labute approximate surface area is 208 Å². The molecule has 3 aromatic rings. The molecule has 0 fully saturated rings. The van der Waals surface area contributed by atoms with E-state index in [4.69, 9.17) is 44.3 Å². The molecule has 0 aliphatic heterocycles. The summed E-state index contributed by atoms with van der Waals surface area (Å²) in [6.07, 6.45) is 0. The molecule has 0 N–H and O–H groups in total. The third kappa shape index (κ3) is 4.23. The Balaban J connectivity index is 2.47. The van der Waals surface area contributed by atoms with E-state index in [1.54, 1.807) is 18.2 Å². The van der Waals surface area contributed by atoms with Crippen molar-refractivity contribution in [2.45, 2.75) is 0 Å². The molecule has 0 aliphatic rings. The van der Waals surface area contributed by atoms with E-state index in [-0.39, 0.29) is 47.5 Å². The van der Waals surface area contributed by atoms with Gasteiger partial charge < -0.3 is 14.0 Å². The molecule has 0 saturated carbocycles. The second-order valence-corrected chi connectivity index (χ2v) is 11.0. The topological polar surface area (TPSA) is 69.7 Å². The van der Waals surface area contributed by atoms with Gasteiger partial charge in [0.1, 0.15) is 11.1 Å². The van der Waals surface area contributed by atoms with Gasteiger partial charge in [0.2, 0.25) is 11.0 Å². The van der Waals surface area contributed by atoms with Crippen LogP contribution in [-0.2, 0) is 4.57 Å². The summed E-state index contributed by atoms with van der Waals surface area (Å²) in [4.78, 5) is 27.6. The summed E-state index contributed by atoms with van der Waals surface area (Å²) >= 11 is 22.1. The van der Waals surface area contributed by atoms with E-state index in [2.05, 4.69) is 15.9 Å².